The van der Waals surface area contributed by atoms with Crippen molar-refractivity contribution in [3.05, 3.63) is 24.2 Å². The van der Waals surface area contributed by atoms with Crippen molar-refractivity contribution in [2.75, 3.05) is 18.0 Å². The van der Waals surface area contributed by atoms with E-state index in [1.807, 2.05) is 16.9 Å². The molecule has 0 N–H and O–H groups in total. The summed E-state index contributed by atoms with van der Waals surface area (Å²) in [5.74, 6) is 1.09. The second-order valence-electron chi connectivity index (χ2n) is 6.41. The summed E-state index contributed by atoms with van der Waals surface area (Å²) in [6, 6.07) is 2.19. The zero-order valence-electron chi connectivity index (χ0n) is 12.1. The highest BCUT2D eigenvalue weighted by Gasteiger charge is 2.21. The van der Waals surface area contributed by atoms with E-state index in [1.54, 1.807) is 0 Å². The van der Waals surface area contributed by atoms with Crippen LogP contribution in [0.1, 0.15) is 45.7 Å². The second-order valence-corrected chi connectivity index (χ2v) is 6.41. The molecule has 1 saturated heterocycles. The zero-order chi connectivity index (χ0) is 13.5. The van der Waals surface area contributed by atoms with Gasteiger partial charge in [0.05, 0.1) is 5.69 Å². The van der Waals surface area contributed by atoms with Gasteiger partial charge in [-0.3, -0.25) is 0 Å². The lowest BCUT2D eigenvalue weighted by Crippen LogP contribution is -2.30. The van der Waals surface area contributed by atoms with Crippen molar-refractivity contribution in [2.24, 2.45) is 0 Å². The highest BCUT2D eigenvalue weighted by Crippen LogP contribution is 2.27. The van der Waals surface area contributed by atoms with E-state index in [1.165, 1.54) is 19.3 Å². The SMILES string of the molecule is CC(C)(C)c1cc2c(N3CCCCC3)nccn2n1. The molecule has 4 heteroatoms. The Labute approximate surface area is 114 Å². The summed E-state index contributed by atoms with van der Waals surface area (Å²) in [7, 11) is 0. The van der Waals surface area contributed by atoms with Gasteiger partial charge in [0.15, 0.2) is 5.82 Å². The molecule has 0 aromatic carbocycles. The lowest BCUT2D eigenvalue weighted by atomic mass is 9.92. The fraction of sp³-hybridized carbons (Fsp3) is 0.600. The van der Waals surface area contributed by atoms with Crippen LogP contribution in [0.25, 0.3) is 5.52 Å². The van der Waals surface area contributed by atoms with Crippen LogP contribution < -0.4 is 4.90 Å². The zero-order valence-corrected chi connectivity index (χ0v) is 12.1. The minimum Gasteiger partial charge on any atom is -0.355 e. The molecule has 2 aromatic heterocycles. The monoisotopic (exact) mass is 258 g/mol. The summed E-state index contributed by atoms with van der Waals surface area (Å²) in [4.78, 5) is 6.99. The first-order chi connectivity index (χ1) is 9.05. The van der Waals surface area contributed by atoms with Crippen LogP contribution in [0.5, 0.6) is 0 Å². The molecule has 2 aromatic rings. The summed E-state index contributed by atoms with van der Waals surface area (Å²) in [5.41, 5.74) is 2.33. The normalized spacial score (nSPS) is 17.1. The lowest BCUT2D eigenvalue weighted by Gasteiger charge is -2.27. The lowest BCUT2D eigenvalue weighted by molar-refractivity contribution is 0.562. The minimum atomic E-state index is 0.0746. The van der Waals surface area contributed by atoms with Crippen LogP contribution in [0, 0.1) is 0 Å². The van der Waals surface area contributed by atoms with E-state index >= 15 is 0 Å². The third-order valence-electron chi connectivity index (χ3n) is 3.79. The number of rotatable bonds is 1. The highest BCUT2D eigenvalue weighted by molar-refractivity contribution is 5.69. The van der Waals surface area contributed by atoms with Crippen LogP contribution in [0.15, 0.2) is 18.5 Å². The quantitative estimate of drug-likeness (QED) is 0.788. The van der Waals surface area contributed by atoms with Crippen LogP contribution in [0.3, 0.4) is 0 Å². The van der Waals surface area contributed by atoms with Gasteiger partial charge in [-0.25, -0.2) is 9.50 Å². The van der Waals surface area contributed by atoms with Crippen LogP contribution in [0.4, 0.5) is 5.82 Å². The topological polar surface area (TPSA) is 33.4 Å². The number of fused-ring (bicyclic) bond motifs is 1. The maximum Gasteiger partial charge on any atom is 0.154 e. The Morgan fingerprint density at radius 3 is 2.53 bits per heavy atom. The predicted molar refractivity (Wildman–Crippen MR) is 77.8 cm³/mol. The molecule has 1 fully saturated rings. The summed E-state index contributed by atoms with van der Waals surface area (Å²) in [5, 5.41) is 4.69. The summed E-state index contributed by atoms with van der Waals surface area (Å²) in [6.07, 6.45) is 7.67. The Kier molecular flexibility index (Phi) is 2.96. The Morgan fingerprint density at radius 1 is 1.11 bits per heavy atom. The number of nitrogens with zero attached hydrogens (tertiary/aromatic N) is 4. The van der Waals surface area contributed by atoms with Crippen molar-refractivity contribution in [2.45, 2.75) is 45.4 Å². The minimum absolute atomic E-state index is 0.0746. The van der Waals surface area contributed by atoms with Crippen molar-refractivity contribution < 1.29 is 0 Å². The van der Waals surface area contributed by atoms with E-state index in [4.69, 9.17) is 0 Å². The molecule has 0 unspecified atom stereocenters. The second kappa shape index (κ2) is 4.51. The number of anilines is 1. The first-order valence-corrected chi connectivity index (χ1v) is 7.15. The third-order valence-corrected chi connectivity index (χ3v) is 3.79. The van der Waals surface area contributed by atoms with Gasteiger partial charge < -0.3 is 4.90 Å². The first-order valence-electron chi connectivity index (χ1n) is 7.15. The van der Waals surface area contributed by atoms with E-state index in [-0.39, 0.29) is 5.41 Å². The van der Waals surface area contributed by atoms with E-state index in [9.17, 15) is 0 Å². The Morgan fingerprint density at radius 2 is 1.84 bits per heavy atom. The largest absolute Gasteiger partial charge is 0.355 e. The fourth-order valence-corrected chi connectivity index (χ4v) is 2.62. The van der Waals surface area contributed by atoms with E-state index < -0.39 is 0 Å². The number of hydrogen-bond donors (Lipinski definition) is 0. The van der Waals surface area contributed by atoms with Crippen molar-refractivity contribution in [1.29, 1.82) is 0 Å². The maximum atomic E-state index is 4.69. The molecule has 102 valence electrons. The fourth-order valence-electron chi connectivity index (χ4n) is 2.62. The molecule has 1 aliphatic rings. The molecule has 1 aliphatic heterocycles. The Bertz CT molecular complexity index is 573. The average Bonchev–Trinajstić information content (AvgIpc) is 2.83. The van der Waals surface area contributed by atoms with Gasteiger partial charge in [-0.05, 0) is 25.3 Å². The van der Waals surface area contributed by atoms with Gasteiger partial charge in [-0.15, -0.1) is 0 Å². The van der Waals surface area contributed by atoms with Gasteiger partial charge in [0.25, 0.3) is 0 Å². The molecule has 0 aliphatic carbocycles. The smallest absolute Gasteiger partial charge is 0.154 e. The Balaban J connectivity index is 2.07. The van der Waals surface area contributed by atoms with Gasteiger partial charge in [-0.1, -0.05) is 20.8 Å². The molecule has 3 heterocycles. The highest BCUT2D eigenvalue weighted by atomic mass is 15.3. The van der Waals surface area contributed by atoms with E-state index in [2.05, 4.69) is 41.8 Å². The van der Waals surface area contributed by atoms with Crippen LogP contribution in [-0.2, 0) is 5.41 Å². The summed E-state index contributed by atoms with van der Waals surface area (Å²) >= 11 is 0. The van der Waals surface area contributed by atoms with Crippen molar-refractivity contribution in [3.8, 4) is 0 Å². The maximum absolute atomic E-state index is 4.69. The van der Waals surface area contributed by atoms with Crippen LogP contribution in [-0.4, -0.2) is 27.7 Å². The molecule has 0 saturated carbocycles. The van der Waals surface area contributed by atoms with Gasteiger partial charge in [0, 0.05) is 30.9 Å². The molecule has 4 nitrogen and oxygen atoms in total. The predicted octanol–water partition coefficient (Wildman–Crippen LogP) is 3.02. The number of aromatic nitrogens is 3. The molecule has 0 radical (unpaired) electrons. The van der Waals surface area contributed by atoms with Crippen molar-refractivity contribution in [1.82, 2.24) is 14.6 Å². The van der Waals surface area contributed by atoms with Crippen LogP contribution in [0.2, 0.25) is 0 Å². The van der Waals surface area contributed by atoms with Crippen molar-refractivity contribution in [3.63, 3.8) is 0 Å². The molecular weight excluding hydrogens is 236 g/mol. The number of hydrogen-bond acceptors (Lipinski definition) is 3. The standard InChI is InChI=1S/C15H22N4/c1-15(2,3)13-11-12-14(16-7-10-19(12)17-13)18-8-5-4-6-9-18/h7,10-11H,4-6,8-9H2,1-3H3. The van der Waals surface area contributed by atoms with E-state index in [0.717, 1.165) is 30.1 Å². The van der Waals surface area contributed by atoms with Gasteiger partial charge in [0.2, 0.25) is 0 Å². The van der Waals surface area contributed by atoms with Crippen molar-refractivity contribution >= 4 is 11.3 Å². The molecule has 3 rings (SSSR count). The van der Waals surface area contributed by atoms with Crippen LogP contribution >= 0.6 is 0 Å². The number of piperidine rings is 1. The molecule has 0 atom stereocenters. The molecule has 0 spiro atoms. The van der Waals surface area contributed by atoms with Gasteiger partial charge in [0.1, 0.15) is 5.52 Å². The summed E-state index contributed by atoms with van der Waals surface area (Å²) in [6.45, 7) is 8.82. The average molecular weight is 258 g/mol. The van der Waals surface area contributed by atoms with Gasteiger partial charge >= 0.3 is 0 Å². The summed E-state index contributed by atoms with van der Waals surface area (Å²) < 4.78 is 1.97. The molecule has 0 bridgehead atoms. The van der Waals surface area contributed by atoms with Gasteiger partial charge in [-0.2, -0.15) is 5.10 Å². The molecular formula is C15H22N4. The molecule has 0 amide bonds. The van der Waals surface area contributed by atoms with E-state index in [0.29, 0.717) is 0 Å². The Hall–Kier alpha value is -1.58. The molecule has 19 heavy (non-hydrogen) atoms. The first kappa shape index (κ1) is 12.5. The third kappa shape index (κ3) is 2.31.